The number of nitrogens with two attached hydrogens (primary N) is 1. The highest BCUT2D eigenvalue weighted by Crippen LogP contribution is 2.16. The number of hydrogen-bond acceptors (Lipinski definition) is 5. The Balaban J connectivity index is 3.02. The predicted octanol–water partition coefficient (Wildman–Crippen LogP) is 0.221. The van der Waals surface area contributed by atoms with E-state index in [0.29, 0.717) is 0 Å². The number of hydrogen-bond donors (Lipinski definition) is 2. The molecule has 3 N–H and O–H groups in total. The van der Waals surface area contributed by atoms with Crippen molar-refractivity contribution < 1.29 is 21.4 Å². The molecule has 1 aromatic rings. The van der Waals surface area contributed by atoms with Crippen molar-refractivity contribution >= 4 is 26.0 Å². The summed E-state index contributed by atoms with van der Waals surface area (Å²) in [6, 6.07) is 4.64. The van der Waals surface area contributed by atoms with Crippen LogP contribution in [0, 0.1) is 0 Å². The lowest BCUT2D eigenvalue weighted by Crippen LogP contribution is -2.11. The summed E-state index contributed by atoms with van der Waals surface area (Å²) in [7, 11) is -8.35. The van der Waals surface area contributed by atoms with E-state index in [1.807, 2.05) is 0 Å². The fourth-order valence-corrected chi connectivity index (χ4v) is 1.51. The van der Waals surface area contributed by atoms with Crippen LogP contribution in [0.5, 0.6) is 0 Å². The van der Waals surface area contributed by atoms with Crippen molar-refractivity contribution in [1.29, 1.82) is 0 Å². The Kier molecular flexibility index (Phi) is 3.38. The van der Waals surface area contributed by atoms with Crippen LogP contribution >= 0.6 is 0 Å². The molecule has 1 aromatic carbocycles. The molecule has 0 amide bonds. The molecule has 0 saturated heterocycles. The van der Waals surface area contributed by atoms with E-state index >= 15 is 0 Å². The van der Waals surface area contributed by atoms with E-state index in [1.54, 1.807) is 0 Å². The fraction of sp³-hybridized carbons (Fsp3) is 0. The van der Waals surface area contributed by atoms with Crippen molar-refractivity contribution in [3.63, 3.8) is 0 Å². The van der Waals surface area contributed by atoms with E-state index in [9.17, 15) is 16.8 Å². The first-order valence-electron chi connectivity index (χ1n) is 3.72. The molecule has 8 nitrogen and oxygen atoms in total. The molecule has 0 unspecified atom stereocenters. The second-order valence-electron chi connectivity index (χ2n) is 2.67. The van der Waals surface area contributed by atoms with Crippen LogP contribution in [0.4, 0.5) is 5.69 Å². The normalized spacial score (nSPS) is 13.1. The highest BCUT2D eigenvalue weighted by Gasteiger charge is 2.06. The zero-order chi connectivity index (χ0) is 12.4. The average molecular weight is 265 g/mol. The number of primary sulfonamides is 1. The number of nitrogens with zero attached hydrogens (tertiary/aromatic N) is 2. The molecule has 0 aliphatic heterocycles. The zero-order valence-corrected chi connectivity index (χ0v) is 9.31. The van der Waals surface area contributed by atoms with Crippen molar-refractivity contribution in [2.75, 3.05) is 0 Å². The SMILES string of the molecule is NS(=O)(=O)c1ccc(N=NS(=O)(=O)O)cc1. The third-order valence-electron chi connectivity index (χ3n) is 1.42. The molecule has 16 heavy (non-hydrogen) atoms. The Labute approximate surface area is 91.7 Å². The van der Waals surface area contributed by atoms with Crippen LogP contribution in [0.25, 0.3) is 0 Å². The lowest BCUT2D eigenvalue weighted by Gasteiger charge is -1.96. The summed E-state index contributed by atoms with van der Waals surface area (Å²) in [6.45, 7) is 0. The molecule has 1 rings (SSSR count). The minimum absolute atomic E-state index is 0.0602. The first-order chi connectivity index (χ1) is 7.18. The van der Waals surface area contributed by atoms with Crippen LogP contribution < -0.4 is 5.14 Å². The largest absolute Gasteiger partial charge is 0.396 e. The maximum absolute atomic E-state index is 10.8. The molecule has 0 radical (unpaired) electrons. The number of sulfonamides is 1. The number of rotatable bonds is 3. The van der Waals surface area contributed by atoms with Gasteiger partial charge in [-0.05, 0) is 28.8 Å². The van der Waals surface area contributed by atoms with Gasteiger partial charge in [0.05, 0.1) is 10.6 Å². The Morgan fingerprint density at radius 3 is 1.94 bits per heavy atom. The number of benzene rings is 1. The predicted molar refractivity (Wildman–Crippen MR) is 53.9 cm³/mol. The van der Waals surface area contributed by atoms with Crippen molar-refractivity contribution in [2.24, 2.45) is 14.8 Å². The summed E-state index contributed by atoms with van der Waals surface area (Å²) in [5.74, 6) is 0. The molecule has 0 aliphatic carbocycles. The van der Waals surface area contributed by atoms with Gasteiger partial charge in [0, 0.05) is 0 Å². The van der Waals surface area contributed by atoms with Crippen molar-refractivity contribution in [3.8, 4) is 0 Å². The topological polar surface area (TPSA) is 139 Å². The van der Waals surface area contributed by atoms with Gasteiger partial charge in [-0.3, -0.25) is 4.55 Å². The zero-order valence-electron chi connectivity index (χ0n) is 7.68. The van der Waals surface area contributed by atoms with Crippen LogP contribution in [0.2, 0.25) is 0 Å². The molecule has 0 bridgehead atoms. The first-order valence-corrected chi connectivity index (χ1v) is 6.66. The second kappa shape index (κ2) is 4.25. The Hall–Kier alpha value is -1.36. The van der Waals surface area contributed by atoms with E-state index in [0.717, 1.165) is 12.1 Å². The van der Waals surface area contributed by atoms with E-state index in [4.69, 9.17) is 9.69 Å². The van der Waals surface area contributed by atoms with Gasteiger partial charge in [0.1, 0.15) is 0 Å². The van der Waals surface area contributed by atoms with Gasteiger partial charge < -0.3 is 0 Å². The lowest BCUT2D eigenvalue weighted by atomic mass is 10.3. The van der Waals surface area contributed by atoms with Crippen molar-refractivity contribution in [3.05, 3.63) is 24.3 Å². The van der Waals surface area contributed by atoms with Crippen LogP contribution in [0.3, 0.4) is 0 Å². The molecule has 0 aromatic heterocycles. The van der Waals surface area contributed by atoms with E-state index in [2.05, 4.69) is 9.63 Å². The molecule has 88 valence electrons. The molecule has 10 heteroatoms. The van der Waals surface area contributed by atoms with Gasteiger partial charge in [0.2, 0.25) is 10.0 Å². The van der Waals surface area contributed by atoms with Crippen molar-refractivity contribution in [1.82, 2.24) is 0 Å². The minimum atomic E-state index is -4.55. The smallest absolute Gasteiger partial charge is 0.267 e. The Morgan fingerprint density at radius 1 is 1.06 bits per heavy atom. The highest BCUT2D eigenvalue weighted by molar-refractivity contribution is 7.89. The maximum Gasteiger partial charge on any atom is 0.396 e. The van der Waals surface area contributed by atoms with E-state index in [1.165, 1.54) is 12.1 Å². The van der Waals surface area contributed by atoms with Gasteiger partial charge >= 0.3 is 10.3 Å². The minimum Gasteiger partial charge on any atom is -0.267 e. The van der Waals surface area contributed by atoms with Gasteiger partial charge in [-0.1, -0.05) is 0 Å². The van der Waals surface area contributed by atoms with E-state index < -0.39 is 20.3 Å². The van der Waals surface area contributed by atoms with Crippen LogP contribution in [-0.4, -0.2) is 21.4 Å². The molecular formula is C6H7N3O5S2. The molecule has 0 atom stereocenters. The maximum atomic E-state index is 10.8. The van der Waals surface area contributed by atoms with Gasteiger partial charge in [-0.25, -0.2) is 13.6 Å². The molecule has 0 saturated carbocycles. The molecule has 0 heterocycles. The summed E-state index contributed by atoms with van der Waals surface area (Å²) in [5, 5.41) is 7.98. The van der Waals surface area contributed by atoms with Gasteiger partial charge in [0.15, 0.2) is 0 Å². The molecule has 0 fully saturated rings. The van der Waals surface area contributed by atoms with Crippen molar-refractivity contribution in [2.45, 2.75) is 4.90 Å². The molecule has 0 aliphatic rings. The third-order valence-corrected chi connectivity index (χ3v) is 2.64. The van der Waals surface area contributed by atoms with Gasteiger partial charge in [-0.2, -0.15) is 8.42 Å². The molecule has 0 spiro atoms. The van der Waals surface area contributed by atoms with Crippen LogP contribution in [0.15, 0.2) is 38.8 Å². The lowest BCUT2D eigenvalue weighted by molar-refractivity contribution is 0.482. The van der Waals surface area contributed by atoms with Gasteiger partial charge in [0.25, 0.3) is 0 Å². The van der Waals surface area contributed by atoms with Gasteiger partial charge in [-0.15, -0.1) is 5.11 Å². The van der Waals surface area contributed by atoms with Crippen LogP contribution in [0.1, 0.15) is 0 Å². The molecular weight excluding hydrogens is 258 g/mol. The standard InChI is InChI=1S/C6H7N3O5S2/c7-15(10,11)6-3-1-5(2-4-6)8-9-16(12,13)14/h1-4H,(H2,7,10,11)(H,12,13,14). The van der Waals surface area contributed by atoms with Crippen LogP contribution in [-0.2, 0) is 20.3 Å². The first kappa shape index (κ1) is 12.7. The second-order valence-corrected chi connectivity index (χ2v) is 5.29. The summed E-state index contributed by atoms with van der Waals surface area (Å²) in [5.41, 5.74) is 0.0602. The van der Waals surface area contributed by atoms with E-state index in [-0.39, 0.29) is 10.6 Å². The average Bonchev–Trinajstić information content (AvgIpc) is 2.13. The highest BCUT2D eigenvalue weighted by atomic mass is 32.2. The third kappa shape index (κ3) is 4.02. The summed E-state index contributed by atoms with van der Waals surface area (Å²) >= 11 is 0. The quantitative estimate of drug-likeness (QED) is 0.594. The summed E-state index contributed by atoms with van der Waals surface area (Å²) < 4.78 is 53.0. The summed E-state index contributed by atoms with van der Waals surface area (Å²) in [4.78, 5) is -0.140. The summed E-state index contributed by atoms with van der Waals surface area (Å²) in [6.07, 6.45) is 0. The fourth-order valence-electron chi connectivity index (χ4n) is 0.801. The Bertz CT molecular complexity index is 602. The monoisotopic (exact) mass is 265 g/mol. The Morgan fingerprint density at radius 2 is 1.56 bits per heavy atom.